The second-order valence-corrected chi connectivity index (χ2v) is 8.37. The Morgan fingerprint density at radius 1 is 1.19 bits per heavy atom. The maximum absolute atomic E-state index is 12.2. The lowest BCUT2D eigenvalue weighted by molar-refractivity contribution is -0.124. The molecule has 1 atom stereocenters. The molecule has 1 unspecified atom stereocenters. The predicted octanol–water partition coefficient (Wildman–Crippen LogP) is 6.78. The van der Waals surface area contributed by atoms with Crippen molar-refractivity contribution in [1.29, 1.82) is 0 Å². The van der Waals surface area contributed by atoms with E-state index in [2.05, 4.69) is 63.9 Å². The standard InChI is InChI=1S/C23H35NOS/c1-7-18(5)22(26-8-2)21-14-12-20(13-15-21)16-24-23(25)19(6)11-9-10-17(3)4/h8,12-15,17,19H,2,7,9-11,16H2,1,3-6H3,(H,24,25)/b22-18-. The van der Waals surface area contributed by atoms with Crippen LogP contribution in [0, 0.1) is 11.8 Å². The summed E-state index contributed by atoms with van der Waals surface area (Å²) in [5.41, 5.74) is 3.71. The fraction of sp³-hybridized carbons (Fsp3) is 0.522. The zero-order chi connectivity index (χ0) is 19.5. The number of rotatable bonds is 11. The quantitative estimate of drug-likeness (QED) is 0.463. The van der Waals surface area contributed by atoms with E-state index in [1.807, 2.05) is 12.3 Å². The zero-order valence-corrected chi connectivity index (χ0v) is 17.9. The lowest BCUT2D eigenvalue weighted by atomic mass is 9.99. The molecule has 0 bridgehead atoms. The molecule has 0 radical (unpaired) electrons. The van der Waals surface area contributed by atoms with Gasteiger partial charge in [-0.15, -0.1) is 0 Å². The molecule has 1 rings (SSSR count). The van der Waals surface area contributed by atoms with Gasteiger partial charge in [0.2, 0.25) is 5.91 Å². The minimum Gasteiger partial charge on any atom is -0.352 e. The van der Waals surface area contributed by atoms with Crippen molar-refractivity contribution >= 4 is 22.6 Å². The maximum atomic E-state index is 12.2. The molecule has 0 fully saturated rings. The van der Waals surface area contributed by atoms with Gasteiger partial charge in [-0.1, -0.05) is 88.7 Å². The third-order valence-electron chi connectivity index (χ3n) is 4.67. The van der Waals surface area contributed by atoms with Crippen LogP contribution < -0.4 is 5.32 Å². The third kappa shape index (κ3) is 7.82. The molecule has 1 amide bonds. The molecule has 0 aromatic heterocycles. The SMILES string of the molecule is C=CS/C(=C(/C)CC)c1ccc(CNC(=O)C(C)CCCC(C)C)cc1. The Morgan fingerprint density at radius 3 is 2.38 bits per heavy atom. The van der Waals surface area contributed by atoms with Gasteiger partial charge >= 0.3 is 0 Å². The Morgan fingerprint density at radius 2 is 1.85 bits per heavy atom. The summed E-state index contributed by atoms with van der Waals surface area (Å²) in [6, 6.07) is 8.48. The van der Waals surface area contributed by atoms with E-state index in [0.717, 1.165) is 24.8 Å². The second-order valence-electron chi connectivity index (χ2n) is 7.39. The van der Waals surface area contributed by atoms with Crippen LogP contribution in [0.15, 0.2) is 41.8 Å². The van der Waals surface area contributed by atoms with Gasteiger partial charge in [-0.25, -0.2) is 0 Å². The highest BCUT2D eigenvalue weighted by molar-refractivity contribution is 8.10. The molecule has 3 heteroatoms. The Balaban J connectivity index is 2.59. The highest BCUT2D eigenvalue weighted by atomic mass is 32.2. The number of allylic oxidation sites excluding steroid dienone is 1. The monoisotopic (exact) mass is 373 g/mol. The molecule has 144 valence electrons. The van der Waals surface area contributed by atoms with Crippen LogP contribution in [0.4, 0.5) is 0 Å². The molecular weight excluding hydrogens is 338 g/mol. The van der Waals surface area contributed by atoms with Crippen molar-refractivity contribution in [1.82, 2.24) is 5.32 Å². The molecule has 0 aliphatic rings. The van der Waals surface area contributed by atoms with E-state index in [0.29, 0.717) is 12.5 Å². The van der Waals surface area contributed by atoms with Crippen LogP contribution in [0.3, 0.4) is 0 Å². The van der Waals surface area contributed by atoms with Crippen LogP contribution in [-0.2, 0) is 11.3 Å². The van der Waals surface area contributed by atoms with E-state index < -0.39 is 0 Å². The summed E-state index contributed by atoms with van der Waals surface area (Å²) in [7, 11) is 0. The van der Waals surface area contributed by atoms with Crippen LogP contribution >= 0.6 is 11.8 Å². The first-order valence-electron chi connectivity index (χ1n) is 9.73. The third-order valence-corrected chi connectivity index (χ3v) is 5.65. The fourth-order valence-corrected chi connectivity index (χ4v) is 3.54. The topological polar surface area (TPSA) is 29.1 Å². The number of nitrogens with one attached hydrogen (secondary N) is 1. The van der Waals surface area contributed by atoms with Gasteiger partial charge in [0.15, 0.2) is 0 Å². The predicted molar refractivity (Wildman–Crippen MR) is 117 cm³/mol. The molecule has 0 saturated heterocycles. The van der Waals surface area contributed by atoms with Crippen molar-refractivity contribution in [3.8, 4) is 0 Å². The Labute approximate surface area is 164 Å². The van der Waals surface area contributed by atoms with Crippen LogP contribution in [0.5, 0.6) is 0 Å². The molecule has 0 aliphatic heterocycles. The van der Waals surface area contributed by atoms with Gasteiger partial charge in [-0.2, -0.15) is 0 Å². The van der Waals surface area contributed by atoms with E-state index in [4.69, 9.17) is 0 Å². The Hall–Kier alpha value is -1.48. The van der Waals surface area contributed by atoms with E-state index in [1.54, 1.807) is 11.8 Å². The highest BCUT2D eigenvalue weighted by Gasteiger charge is 2.12. The second kappa shape index (κ2) is 12.0. The molecule has 1 N–H and O–H groups in total. The van der Waals surface area contributed by atoms with Crippen molar-refractivity contribution in [3.63, 3.8) is 0 Å². The largest absolute Gasteiger partial charge is 0.352 e. The van der Waals surface area contributed by atoms with Crippen molar-refractivity contribution < 1.29 is 4.79 Å². The number of hydrogen-bond donors (Lipinski definition) is 1. The average Bonchev–Trinajstić information content (AvgIpc) is 2.63. The molecule has 1 aromatic rings. The summed E-state index contributed by atoms with van der Waals surface area (Å²) in [4.78, 5) is 13.5. The average molecular weight is 374 g/mol. The molecule has 26 heavy (non-hydrogen) atoms. The fourth-order valence-electron chi connectivity index (χ4n) is 2.76. The summed E-state index contributed by atoms with van der Waals surface area (Å²) in [6.45, 7) is 15.2. The number of amides is 1. The lowest BCUT2D eigenvalue weighted by Crippen LogP contribution is -2.28. The molecule has 1 aromatic carbocycles. The smallest absolute Gasteiger partial charge is 0.223 e. The maximum Gasteiger partial charge on any atom is 0.223 e. The van der Waals surface area contributed by atoms with E-state index in [-0.39, 0.29) is 11.8 Å². The minimum atomic E-state index is 0.0822. The molecule has 0 saturated carbocycles. The van der Waals surface area contributed by atoms with Crippen molar-refractivity contribution in [2.45, 2.75) is 66.8 Å². The van der Waals surface area contributed by atoms with Gasteiger partial charge in [0, 0.05) is 17.4 Å². The number of hydrogen-bond acceptors (Lipinski definition) is 2. The van der Waals surface area contributed by atoms with Gasteiger partial charge < -0.3 is 5.32 Å². The Kier molecular flexibility index (Phi) is 10.4. The number of carbonyl (C=O) groups excluding carboxylic acids is 1. The van der Waals surface area contributed by atoms with Crippen LogP contribution in [0.25, 0.3) is 4.91 Å². The molecular formula is C23H35NOS. The van der Waals surface area contributed by atoms with E-state index in [1.165, 1.54) is 22.5 Å². The summed E-state index contributed by atoms with van der Waals surface area (Å²) in [5, 5.41) is 4.95. The first-order valence-corrected chi connectivity index (χ1v) is 10.6. The normalized spacial score (nSPS) is 13.3. The minimum absolute atomic E-state index is 0.0822. The summed E-state index contributed by atoms with van der Waals surface area (Å²) in [6.07, 6.45) is 4.30. The van der Waals surface area contributed by atoms with Gasteiger partial charge in [0.1, 0.15) is 0 Å². The van der Waals surface area contributed by atoms with Gasteiger partial charge in [-0.3, -0.25) is 4.79 Å². The van der Waals surface area contributed by atoms with Gasteiger partial charge in [0.25, 0.3) is 0 Å². The van der Waals surface area contributed by atoms with Crippen LogP contribution in [0.1, 0.15) is 71.4 Å². The first kappa shape index (κ1) is 22.6. The van der Waals surface area contributed by atoms with Gasteiger partial charge in [0.05, 0.1) is 0 Å². The van der Waals surface area contributed by atoms with Crippen molar-refractivity contribution in [2.24, 2.45) is 11.8 Å². The summed E-state index contributed by atoms with van der Waals surface area (Å²) in [5.74, 6) is 0.944. The molecule has 2 nitrogen and oxygen atoms in total. The zero-order valence-electron chi connectivity index (χ0n) is 17.1. The van der Waals surface area contributed by atoms with Crippen molar-refractivity contribution in [2.75, 3.05) is 0 Å². The highest BCUT2D eigenvalue weighted by Crippen LogP contribution is 2.32. The van der Waals surface area contributed by atoms with Gasteiger partial charge in [-0.05, 0) is 42.2 Å². The van der Waals surface area contributed by atoms with Crippen LogP contribution in [-0.4, -0.2) is 5.91 Å². The molecule has 0 spiro atoms. The molecule has 0 aliphatic carbocycles. The number of carbonyl (C=O) groups is 1. The number of benzene rings is 1. The Bertz CT molecular complexity index is 601. The summed E-state index contributed by atoms with van der Waals surface area (Å²) >= 11 is 1.67. The molecule has 0 heterocycles. The van der Waals surface area contributed by atoms with E-state index >= 15 is 0 Å². The number of thioether (sulfide) groups is 1. The lowest BCUT2D eigenvalue weighted by Gasteiger charge is -2.14. The first-order chi connectivity index (χ1) is 12.4. The van der Waals surface area contributed by atoms with Crippen LogP contribution in [0.2, 0.25) is 0 Å². The summed E-state index contributed by atoms with van der Waals surface area (Å²) < 4.78 is 0. The van der Waals surface area contributed by atoms with Crippen molar-refractivity contribution in [3.05, 3.63) is 53.0 Å². The van der Waals surface area contributed by atoms with E-state index in [9.17, 15) is 4.79 Å².